The molecule has 0 saturated heterocycles. The lowest BCUT2D eigenvalue weighted by Gasteiger charge is -2.27. The number of hydrogen-bond donors (Lipinski definition) is 1. The van der Waals surface area contributed by atoms with Crippen LogP contribution < -0.4 is 0 Å². The maximum atomic E-state index is 13.2. The van der Waals surface area contributed by atoms with E-state index in [1.807, 2.05) is 17.9 Å². The van der Waals surface area contributed by atoms with Gasteiger partial charge in [-0.25, -0.2) is 0 Å². The molecular formula is C19H20N4O2S. The smallest absolute Gasteiger partial charge is 0.264 e. The fraction of sp³-hybridized carbons (Fsp3) is 0.421. The summed E-state index contributed by atoms with van der Waals surface area (Å²) in [6.07, 6.45) is 5.36. The topological polar surface area (TPSA) is 75.0 Å². The maximum Gasteiger partial charge on any atom is 0.264 e. The summed E-state index contributed by atoms with van der Waals surface area (Å²) in [7, 11) is 0. The van der Waals surface area contributed by atoms with E-state index < -0.39 is 0 Å². The number of aromatic amines is 1. The van der Waals surface area contributed by atoms with Crippen LogP contribution in [0.25, 0.3) is 11.4 Å². The Kier molecular flexibility index (Phi) is 3.70. The lowest BCUT2D eigenvalue weighted by atomic mass is 9.93. The predicted molar refractivity (Wildman–Crippen MR) is 98.2 cm³/mol. The van der Waals surface area contributed by atoms with Crippen LogP contribution in [0.1, 0.15) is 50.7 Å². The first kappa shape index (κ1) is 15.8. The number of nitrogens with one attached hydrogen (secondary N) is 1. The molecule has 0 fully saturated rings. The number of aryl methyl sites for hydroxylation is 2. The van der Waals surface area contributed by atoms with Gasteiger partial charge in [-0.05, 0) is 49.1 Å². The van der Waals surface area contributed by atoms with E-state index >= 15 is 0 Å². The number of amides is 1. The standard InChI is InChI=1S/C19H20N4O2S/c1-11-8-16(22-25-11)17-14-9-23(7-6-15(14)20-21-17)19(24)18-13-5-3-2-4-12(13)10-26-18/h8,10H,2-7,9H2,1H3,(H,20,21). The van der Waals surface area contributed by atoms with E-state index in [2.05, 4.69) is 20.7 Å². The SMILES string of the molecule is Cc1cc(-c2n[nH]c3c2CN(C(=O)c2scc4c2CCCC4)CC3)no1. The first-order valence-electron chi connectivity index (χ1n) is 9.09. The van der Waals surface area contributed by atoms with Crippen molar-refractivity contribution >= 4 is 17.2 Å². The highest BCUT2D eigenvalue weighted by Crippen LogP contribution is 2.33. The van der Waals surface area contributed by atoms with E-state index in [4.69, 9.17) is 4.52 Å². The second kappa shape index (κ2) is 6.09. The molecule has 0 saturated carbocycles. The third-order valence-electron chi connectivity index (χ3n) is 5.39. The molecule has 0 spiro atoms. The van der Waals surface area contributed by atoms with Crippen LogP contribution in [0.4, 0.5) is 0 Å². The van der Waals surface area contributed by atoms with Gasteiger partial charge < -0.3 is 9.42 Å². The lowest BCUT2D eigenvalue weighted by Crippen LogP contribution is -2.36. The highest BCUT2D eigenvalue weighted by Gasteiger charge is 2.30. The van der Waals surface area contributed by atoms with Crippen molar-refractivity contribution in [2.24, 2.45) is 0 Å². The Morgan fingerprint density at radius 1 is 1.27 bits per heavy atom. The third-order valence-corrected chi connectivity index (χ3v) is 6.45. The molecule has 1 aliphatic carbocycles. The van der Waals surface area contributed by atoms with Crippen LogP contribution in [0, 0.1) is 6.92 Å². The van der Waals surface area contributed by atoms with Crippen molar-refractivity contribution < 1.29 is 9.32 Å². The average molecular weight is 368 g/mol. The second-order valence-corrected chi connectivity index (χ2v) is 7.98. The first-order chi connectivity index (χ1) is 12.7. The Hall–Kier alpha value is -2.41. The van der Waals surface area contributed by atoms with Gasteiger partial charge in [-0.2, -0.15) is 5.10 Å². The molecule has 0 atom stereocenters. The van der Waals surface area contributed by atoms with E-state index in [-0.39, 0.29) is 5.91 Å². The summed E-state index contributed by atoms with van der Waals surface area (Å²) >= 11 is 1.61. The highest BCUT2D eigenvalue weighted by molar-refractivity contribution is 7.12. The number of H-pyrrole nitrogens is 1. The molecule has 6 nitrogen and oxygen atoms in total. The summed E-state index contributed by atoms with van der Waals surface area (Å²) in [4.78, 5) is 16.1. The van der Waals surface area contributed by atoms with E-state index in [0.717, 1.165) is 59.1 Å². The molecule has 0 unspecified atom stereocenters. The van der Waals surface area contributed by atoms with E-state index in [9.17, 15) is 4.79 Å². The molecular weight excluding hydrogens is 348 g/mol. The van der Waals surface area contributed by atoms with Crippen molar-refractivity contribution in [2.75, 3.05) is 6.54 Å². The molecule has 0 radical (unpaired) electrons. The van der Waals surface area contributed by atoms with Crippen molar-refractivity contribution in [1.29, 1.82) is 0 Å². The molecule has 1 amide bonds. The number of carbonyl (C=O) groups excluding carboxylic acids is 1. The van der Waals surface area contributed by atoms with Crippen LogP contribution in [0.3, 0.4) is 0 Å². The van der Waals surface area contributed by atoms with Crippen LogP contribution in [-0.4, -0.2) is 32.7 Å². The van der Waals surface area contributed by atoms with Crippen LogP contribution >= 0.6 is 11.3 Å². The van der Waals surface area contributed by atoms with Crippen molar-refractivity contribution in [2.45, 2.75) is 45.6 Å². The fourth-order valence-electron chi connectivity index (χ4n) is 4.00. The summed E-state index contributed by atoms with van der Waals surface area (Å²) < 4.78 is 5.19. The van der Waals surface area contributed by atoms with Crippen LogP contribution in [0.15, 0.2) is 16.0 Å². The molecule has 1 aliphatic heterocycles. The van der Waals surface area contributed by atoms with Gasteiger partial charge in [-0.3, -0.25) is 9.89 Å². The molecule has 1 N–H and O–H groups in total. The molecule has 3 aromatic heterocycles. The maximum absolute atomic E-state index is 13.2. The molecule has 7 heteroatoms. The summed E-state index contributed by atoms with van der Waals surface area (Å²) in [5.41, 5.74) is 6.34. The van der Waals surface area contributed by atoms with Gasteiger partial charge >= 0.3 is 0 Å². The molecule has 134 valence electrons. The minimum atomic E-state index is 0.160. The average Bonchev–Trinajstić information content (AvgIpc) is 3.38. The Morgan fingerprint density at radius 2 is 2.15 bits per heavy atom. The minimum absolute atomic E-state index is 0.160. The third kappa shape index (κ3) is 2.49. The zero-order valence-electron chi connectivity index (χ0n) is 14.7. The van der Waals surface area contributed by atoms with Gasteiger partial charge in [-0.1, -0.05) is 5.16 Å². The minimum Gasteiger partial charge on any atom is -0.361 e. The Bertz CT molecular complexity index is 984. The number of aromatic nitrogens is 3. The quantitative estimate of drug-likeness (QED) is 0.751. The number of thiophene rings is 1. The predicted octanol–water partition coefficient (Wildman–Crippen LogP) is 3.51. The number of nitrogens with zero attached hydrogens (tertiary/aromatic N) is 3. The number of fused-ring (bicyclic) bond motifs is 2. The highest BCUT2D eigenvalue weighted by atomic mass is 32.1. The number of hydrogen-bond acceptors (Lipinski definition) is 5. The summed E-state index contributed by atoms with van der Waals surface area (Å²) in [5.74, 6) is 0.915. The zero-order chi connectivity index (χ0) is 17.7. The van der Waals surface area contributed by atoms with Crippen molar-refractivity contribution in [3.8, 4) is 11.4 Å². The fourth-order valence-corrected chi connectivity index (χ4v) is 5.13. The second-order valence-electron chi connectivity index (χ2n) is 7.10. The summed E-state index contributed by atoms with van der Waals surface area (Å²) in [5, 5.41) is 13.8. The van der Waals surface area contributed by atoms with Gasteiger partial charge in [0.1, 0.15) is 17.1 Å². The molecule has 0 bridgehead atoms. The monoisotopic (exact) mass is 368 g/mol. The largest absolute Gasteiger partial charge is 0.361 e. The van der Waals surface area contributed by atoms with Gasteiger partial charge in [0.2, 0.25) is 0 Å². The van der Waals surface area contributed by atoms with Crippen LogP contribution in [0.2, 0.25) is 0 Å². The summed E-state index contributed by atoms with van der Waals surface area (Å²) in [6, 6.07) is 1.88. The lowest BCUT2D eigenvalue weighted by molar-refractivity contribution is 0.0738. The van der Waals surface area contributed by atoms with Crippen LogP contribution in [-0.2, 0) is 25.8 Å². The van der Waals surface area contributed by atoms with Gasteiger partial charge in [0.05, 0.1) is 11.4 Å². The Balaban J connectivity index is 1.44. The number of carbonyl (C=O) groups is 1. The van der Waals surface area contributed by atoms with Crippen molar-refractivity contribution in [3.63, 3.8) is 0 Å². The molecule has 4 heterocycles. The normalized spacial score (nSPS) is 16.4. The van der Waals surface area contributed by atoms with Crippen LogP contribution in [0.5, 0.6) is 0 Å². The van der Waals surface area contributed by atoms with Gasteiger partial charge in [0.15, 0.2) is 0 Å². The van der Waals surface area contributed by atoms with E-state index in [0.29, 0.717) is 6.54 Å². The van der Waals surface area contributed by atoms with Gasteiger partial charge in [-0.15, -0.1) is 11.3 Å². The van der Waals surface area contributed by atoms with Gasteiger partial charge in [0, 0.05) is 30.3 Å². The van der Waals surface area contributed by atoms with Crippen molar-refractivity contribution in [3.05, 3.63) is 44.5 Å². The molecule has 3 aromatic rings. The molecule has 26 heavy (non-hydrogen) atoms. The number of rotatable bonds is 2. The molecule has 0 aromatic carbocycles. The van der Waals surface area contributed by atoms with E-state index in [1.165, 1.54) is 24.0 Å². The Morgan fingerprint density at radius 3 is 3.00 bits per heavy atom. The zero-order valence-corrected chi connectivity index (χ0v) is 15.5. The van der Waals surface area contributed by atoms with Crippen molar-refractivity contribution in [1.82, 2.24) is 20.3 Å². The summed E-state index contributed by atoms with van der Waals surface area (Å²) in [6.45, 7) is 3.15. The van der Waals surface area contributed by atoms with E-state index in [1.54, 1.807) is 11.3 Å². The first-order valence-corrected chi connectivity index (χ1v) is 9.97. The molecule has 2 aliphatic rings. The Labute approximate surface area is 155 Å². The molecule has 5 rings (SSSR count). The van der Waals surface area contributed by atoms with Gasteiger partial charge in [0.25, 0.3) is 5.91 Å².